The minimum atomic E-state index is -0.259. The molecule has 1 aromatic heterocycles. The molecule has 1 aliphatic carbocycles. The predicted molar refractivity (Wildman–Crippen MR) is 109 cm³/mol. The number of amides is 2. The maximum atomic E-state index is 12.4. The van der Waals surface area contributed by atoms with Crippen molar-refractivity contribution >= 4 is 23.2 Å². The average Bonchev–Trinajstić information content (AvgIpc) is 3.00. The van der Waals surface area contributed by atoms with Gasteiger partial charge in [0.1, 0.15) is 11.5 Å². The summed E-state index contributed by atoms with van der Waals surface area (Å²) in [5, 5.41) is 0. The summed E-state index contributed by atoms with van der Waals surface area (Å²) < 4.78 is 10.5. The molecule has 3 rings (SSSR count). The third-order valence-electron chi connectivity index (χ3n) is 4.89. The van der Waals surface area contributed by atoms with Crippen LogP contribution in [0.2, 0.25) is 0 Å². The van der Waals surface area contributed by atoms with Gasteiger partial charge >= 0.3 is 0 Å². The van der Waals surface area contributed by atoms with Gasteiger partial charge in [0.2, 0.25) is 5.91 Å². The van der Waals surface area contributed by atoms with Gasteiger partial charge in [-0.3, -0.25) is 20.4 Å². The fourth-order valence-electron chi connectivity index (χ4n) is 3.36. The van der Waals surface area contributed by atoms with E-state index in [0.29, 0.717) is 22.8 Å². The zero-order valence-corrected chi connectivity index (χ0v) is 17.1. The second-order valence-corrected chi connectivity index (χ2v) is 7.94. The van der Waals surface area contributed by atoms with Gasteiger partial charge in [-0.1, -0.05) is 6.42 Å². The highest BCUT2D eigenvalue weighted by Crippen LogP contribution is 2.29. The van der Waals surface area contributed by atoms with Crippen LogP contribution in [0.4, 0.5) is 0 Å². The third-order valence-corrected chi connectivity index (χ3v) is 6.13. The number of hydrogen-bond donors (Lipinski definition) is 2. The van der Waals surface area contributed by atoms with Crippen LogP contribution < -0.4 is 20.3 Å². The highest BCUT2D eigenvalue weighted by Gasteiger charge is 2.17. The van der Waals surface area contributed by atoms with Crippen molar-refractivity contribution in [2.45, 2.75) is 44.9 Å². The van der Waals surface area contributed by atoms with Crippen molar-refractivity contribution in [3.05, 3.63) is 45.1 Å². The Balaban J connectivity index is 1.51. The quantitative estimate of drug-likeness (QED) is 0.573. The molecule has 2 aromatic rings. The van der Waals surface area contributed by atoms with Gasteiger partial charge < -0.3 is 9.47 Å². The van der Waals surface area contributed by atoms with E-state index in [1.165, 1.54) is 41.0 Å². The maximum absolute atomic E-state index is 12.4. The molecule has 0 bridgehead atoms. The first kappa shape index (κ1) is 20.2. The van der Waals surface area contributed by atoms with Gasteiger partial charge in [-0.2, -0.15) is 0 Å². The van der Waals surface area contributed by atoms with E-state index in [-0.39, 0.29) is 18.2 Å². The smallest absolute Gasteiger partial charge is 0.279 e. The number of aryl methyl sites for hydroxylation is 3. The Hall–Kier alpha value is -2.54. The Kier molecular flexibility index (Phi) is 6.92. The molecule has 2 amide bonds. The summed E-state index contributed by atoms with van der Waals surface area (Å²) in [6, 6.07) is 7.44. The Labute approximate surface area is 169 Å². The summed E-state index contributed by atoms with van der Waals surface area (Å²) in [7, 11) is 3.19. The fourth-order valence-corrected chi connectivity index (χ4v) is 4.50. The minimum Gasteiger partial charge on any atom is -0.497 e. The van der Waals surface area contributed by atoms with Crippen LogP contribution >= 0.6 is 11.3 Å². The van der Waals surface area contributed by atoms with E-state index in [4.69, 9.17) is 9.47 Å². The molecule has 1 heterocycles. The first-order chi connectivity index (χ1) is 13.6. The van der Waals surface area contributed by atoms with Crippen molar-refractivity contribution in [2.24, 2.45) is 0 Å². The van der Waals surface area contributed by atoms with Crippen LogP contribution in [0.1, 0.15) is 51.4 Å². The van der Waals surface area contributed by atoms with Crippen molar-refractivity contribution in [1.29, 1.82) is 0 Å². The van der Waals surface area contributed by atoms with Crippen molar-refractivity contribution in [2.75, 3.05) is 14.2 Å². The van der Waals surface area contributed by atoms with Crippen molar-refractivity contribution in [1.82, 2.24) is 10.9 Å². The summed E-state index contributed by atoms with van der Waals surface area (Å²) in [6.45, 7) is 0. The number of carbonyl (C=O) groups is 2. The van der Waals surface area contributed by atoms with Crippen molar-refractivity contribution in [3.63, 3.8) is 0 Å². The molecule has 0 saturated heterocycles. The largest absolute Gasteiger partial charge is 0.497 e. The number of hydrazine groups is 1. The third kappa shape index (κ3) is 5.04. The zero-order valence-electron chi connectivity index (χ0n) is 16.3. The van der Waals surface area contributed by atoms with E-state index in [1.807, 2.05) is 24.3 Å². The molecule has 1 aliphatic rings. The first-order valence-corrected chi connectivity index (χ1v) is 10.3. The number of hydrogen-bond acceptors (Lipinski definition) is 5. The molecule has 0 saturated carbocycles. The average molecular weight is 403 g/mol. The zero-order chi connectivity index (χ0) is 19.9. The lowest BCUT2D eigenvalue weighted by Gasteiger charge is -2.11. The molecule has 0 unspecified atom stereocenters. The van der Waals surface area contributed by atoms with Crippen LogP contribution in [0, 0.1) is 0 Å². The summed E-state index contributed by atoms with van der Waals surface area (Å²) in [5.74, 6) is 0.904. The summed E-state index contributed by atoms with van der Waals surface area (Å²) in [5.41, 5.74) is 7.19. The van der Waals surface area contributed by atoms with Crippen LogP contribution in [-0.2, 0) is 24.1 Å². The van der Waals surface area contributed by atoms with E-state index in [1.54, 1.807) is 14.2 Å². The van der Waals surface area contributed by atoms with Gasteiger partial charge in [-0.15, -0.1) is 11.3 Å². The van der Waals surface area contributed by atoms with Crippen LogP contribution in [-0.4, -0.2) is 26.0 Å². The normalized spacial score (nSPS) is 13.2. The van der Waals surface area contributed by atoms with Crippen molar-refractivity contribution < 1.29 is 19.1 Å². The SMILES string of the molecule is COc1ccc(OC)c(CCC(=O)NNC(=O)c2cc3c(s2)CCCCC3)c1. The lowest BCUT2D eigenvalue weighted by Crippen LogP contribution is -2.41. The number of nitrogens with one attached hydrogen (secondary N) is 2. The number of rotatable bonds is 6. The lowest BCUT2D eigenvalue weighted by atomic mass is 10.1. The van der Waals surface area contributed by atoms with Crippen LogP contribution in [0.3, 0.4) is 0 Å². The molecule has 0 aliphatic heterocycles. The van der Waals surface area contributed by atoms with E-state index >= 15 is 0 Å². The summed E-state index contributed by atoms with van der Waals surface area (Å²) in [6.07, 6.45) is 6.39. The van der Waals surface area contributed by atoms with E-state index in [9.17, 15) is 9.59 Å². The van der Waals surface area contributed by atoms with Crippen LogP contribution in [0.25, 0.3) is 0 Å². The minimum absolute atomic E-state index is 0.227. The van der Waals surface area contributed by atoms with Crippen LogP contribution in [0.5, 0.6) is 11.5 Å². The number of fused-ring (bicyclic) bond motifs is 1. The Morgan fingerprint density at radius 2 is 1.86 bits per heavy atom. The molecule has 0 spiro atoms. The highest BCUT2D eigenvalue weighted by molar-refractivity contribution is 7.14. The molecule has 2 N–H and O–H groups in total. The molecular weight excluding hydrogens is 376 g/mol. The highest BCUT2D eigenvalue weighted by atomic mass is 32.1. The summed E-state index contributed by atoms with van der Waals surface area (Å²) >= 11 is 1.53. The predicted octanol–water partition coefficient (Wildman–Crippen LogP) is 3.43. The molecule has 150 valence electrons. The topological polar surface area (TPSA) is 76.7 Å². The lowest BCUT2D eigenvalue weighted by molar-refractivity contribution is -0.121. The fraction of sp³-hybridized carbons (Fsp3) is 0.429. The maximum Gasteiger partial charge on any atom is 0.279 e. The molecule has 1 aromatic carbocycles. The molecule has 0 radical (unpaired) electrons. The number of thiophene rings is 1. The first-order valence-electron chi connectivity index (χ1n) is 9.52. The van der Waals surface area contributed by atoms with Crippen LogP contribution in [0.15, 0.2) is 24.3 Å². The summed E-state index contributed by atoms with van der Waals surface area (Å²) in [4.78, 5) is 26.5. The number of carbonyl (C=O) groups excluding carboxylic acids is 2. The van der Waals surface area contributed by atoms with Gasteiger partial charge in [-0.25, -0.2) is 0 Å². The Morgan fingerprint density at radius 1 is 1.04 bits per heavy atom. The van der Waals surface area contributed by atoms with Gasteiger partial charge in [-0.05, 0) is 67.5 Å². The molecule has 6 nitrogen and oxygen atoms in total. The van der Waals surface area contributed by atoms with E-state index in [0.717, 1.165) is 18.4 Å². The van der Waals surface area contributed by atoms with Gasteiger partial charge in [0.25, 0.3) is 5.91 Å². The molecule has 7 heteroatoms. The van der Waals surface area contributed by atoms with Gasteiger partial charge in [0.05, 0.1) is 19.1 Å². The van der Waals surface area contributed by atoms with Crippen molar-refractivity contribution in [3.8, 4) is 11.5 Å². The number of ether oxygens (including phenoxy) is 2. The molecule has 28 heavy (non-hydrogen) atoms. The molecular formula is C21H26N2O4S. The second kappa shape index (κ2) is 9.59. The number of methoxy groups -OCH3 is 2. The van der Waals surface area contributed by atoms with Gasteiger partial charge in [0, 0.05) is 11.3 Å². The van der Waals surface area contributed by atoms with Gasteiger partial charge in [0.15, 0.2) is 0 Å². The molecule has 0 fully saturated rings. The molecule has 0 atom stereocenters. The second-order valence-electron chi connectivity index (χ2n) is 6.80. The number of benzene rings is 1. The Morgan fingerprint density at radius 3 is 2.64 bits per heavy atom. The van der Waals surface area contributed by atoms with E-state index < -0.39 is 0 Å². The monoisotopic (exact) mass is 402 g/mol. The standard InChI is InChI=1S/C21H26N2O4S/c1-26-16-9-10-17(27-2)14(12-16)8-11-20(24)22-23-21(25)19-13-15-6-4-3-5-7-18(15)28-19/h9-10,12-13H,3-8,11H2,1-2H3,(H,22,24)(H,23,25). The Bertz CT molecular complexity index is 823. The van der Waals surface area contributed by atoms with E-state index in [2.05, 4.69) is 10.9 Å².